The van der Waals surface area contributed by atoms with Gasteiger partial charge in [-0.3, -0.25) is 9.48 Å². The van der Waals surface area contributed by atoms with Crippen molar-refractivity contribution in [3.05, 3.63) is 49.8 Å². The molecule has 1 aromatic heterocycles. The smallest absolute Gasteiger partial charge is 0.212 e. The number of aryl methyl sites for hydroxylation is 1. The molecule has 0 bridgehead atoms. The van der Waals surface area contributed by atoms with Crippen molar-refractivity contribution in [2.75, 3.05) is 0 Å². The lowest BCUT2D eigenvalue weighted by molar-refractivity contribution is 0.102. The molecule has 1 aromatic carbocycles. The molecule has 0 N–H and O–H groups in total. The van der Waals surface area contributed by atoms with E-state index in [0.717, 1.165) is 8.04 Å². The molecule has 0 aliphatic heterocycles. The molecule has 0 fully saturated rings. The molecule has 1 heterocycles. The Balaban J connectivity index is 2.49. The SMILES string of the molecule is Cn1nccc1C(=O)c1cc(Br)ccc1I. The van der Waals surface area contributed by atoms with Gasteiger partial charge in [-0.25, -0.2) is 0 Å². The van der Waals surface area contributed by atoms with E-state index >= 15 is 0 Å². The Morgan fingerprint density at radius 2 is 2.19 bits per heavy atom. The first-order valence-corrected chi connectivity index (χ1v) is 6.44. The highest BCUT2D eigenvalue weighted by Crippen LogP contribution is 2.21. The Hall–Kier alpha value is -0.690. The zero-order valence-corrected chi connectivity index (χ0v) is 12.2. The van der Waals surface area contributed by atoms with E-state index in [9.17, 15) is 4.79 Å². The lowest BCUT2D eigenvalue weighted by Crippen LogP contribution is -2.09. The summed E-state index contributed by atoms with van der Waals surface area (Å²) in [6.45, 7) is 0. The predicted molar refractivity (Wildman–Crippen MR) is 73.5 cm³/mol. The van der Waals surface area contributed by atoms with Gasteiger partial charge in [-0.1, -0.05) is 15.9 Å². The number of hydrogen-bond acceptors (Lipinski definition) is 2. The van der Waals surface area contributed by atoms with Crippen LogP contribution in [0.3, 0.4) is 0 Å². The van der Waals surface area contributed by atoms with Crippen LogP contribution in [0, 0.1) is 3.57 Å². The summed E-state index contributed by atoms with van der Waals surface area (Å²) in [7, 11) is 1.76. The number of carbonyl (C=O) groups excluding carboxylic acids is 1. The fourth-order valence-electron chi connectivity index (χ4n) is 1.41. The number of carbonyl (C=O) groups is 1. The molecule has 3 nitrogen and oxygen atoms in total. The molecule has 0 spiro atoms. The molecule has 82 valence electrons. The Labute approximate surface area is 115 Å². The highest BCUT2D eigenvalue weighted by molar-refractivity contribution is 14.1. The van der Waals surface area contributed by atoms with Crippen molar-refractivity contribution < 1.29 is 4.79 Å². The molecule has 0 aliphatic rings. The van der Waals surface area contributed by atoms with E-state index in [1.165, 1.54) is 0 Å². The van der Waals surface area contributed by atoms with Crippen LogP contribution >= 0.6 is 38.5 Å². The van der Waals surface area contributed by atoms with Crippen LogP contribution in [0.5, 0.6) is 0 Å². The maximum Gasteiger partial charge on any atom is 0.212 e. The first-order chi connectivity index (χ1) is 7.59. The van der Waals surface area contributed by atoms with Gasteiger partial charge < -0.3 is 0 Å². The van der Waals surface area contributed by atoms with Crippen LogP contribution < -0.4 is 0 Å². The van der Waals surface area contributed by atoms with Crippen LogP contribution in [0.2, 0.25) is 0 Å². The summed E-state index contributed by atoms with van der Waals surface area (Å²) in [6.07, 6.45) is 1.62. The molecular formula is C11H8BrIN2O. The van der Waals surface area contributed by atoms with E-state index in [1.807, 2.05) is 18.2 Å². The molecule has 0 radical (unpaired) electrons. The molecular weight excluding hydrogens is 383 g/mol. The van der Waals surface area contributed by atoms with Crippen molar-refractivity contribution >= 4 is 44.3 Å². The van der Waals surface area contributed by atoms with Gasteiger partial charge in [-0.15, -0.1) is 0 Å². The van der Waals surface area contributed by atoms with Gasteiger partial charge in [-0.2, -0.15) is 5.10 Å². The van der Waals surface area contributed by atoms with Crippen LogP contribution in [-0.2, 0) is 7.05 Å². The van der Waals surface area contributed by atoms with E-state index in [2.05, 4.69) is 43.6 Å². The first kappa shape index (κ1) is 11.8. The zero-order valence-electron chi connectivity index (χ0n) is 8.45. The Bertz CT molecular complexity index is 551. The fourth-order valence-corrected chi connectivity index (χ4v) is 2.35. The number of ketones is 1. The molecule has 0 amide bonds. The minimum Gasteiger partial charge on any atom is -0.287 e. The highest BCUT2D eigenvalue weighted by atomic mass is 127. The second-order valence-electron chi connectivity index (χ2n) is 3.29. The van der Waals surface area contributed by atoms with Gasteiger partial charge in [0.05, 0.1) is 0 Å². The number of halogens is 2. The molecule has 5 heteroatoms. The van der Waals surface area contributed by atoms with Crippen LogP contribution in [0.4, 0.5) is 0 Å². The van der Waals surface area contributed by atoms with Crippen molar-refractivity contribution in [3.63, 3.8) is 0 Å². The normalized spacial score (nSPS) is 10.4. The van der Waals surface area contributed by atoms with Crippen molar-refractivity contribution in [3.8, 4) is 0 Å². The summed E-state index contributed by atoms with van der Waals surface area (Å²) in [6, 6.07) is 7.38. The molecule has 0 aliphatic carbocycles. The van der Waals surface area contributed by atoms with E-state index in [-0.39, 0.29) is 5.78 Å². The van der Waals surface area contributed by atoms with Crippen LogP contribution in [-0.4, -0.2) is 15.6 Å². The third-order valence-electron chi connectivity index (χ3n) is 2.23. The molecule has 0 unspecified atom stereocenters. The maximum atomic E-state index is 12.2. The number of nitrogens with zero attached hydrogens (tertiary/aromatic N) is 2. The van der Waals surface area contributed by atoms with Gasteiger partial charge >= 0.3 is 0 Å². The second-order valence-corrected chi connectivity index (χ2v) is 5.37. The van der Waals surface area contributed by atoms with Gasteiger partial charge in [0.25, 0.3) is 0 Å². The van der Waals surface area contributed by atoms with E-state index in [1.54, 1.807) is 24.0 Å². The largest absolute Gasteiger partial charge is 0.287 e. The number of rotatable bonds is 2. The second kappa shape index (κ2) is 4.67. The average molecular weight is 391 g/mol. The van der Waals surface area contributed by atoms with E-state index in [0.29, 0.717) is 11.3 Å². The van der Waals surface area contributed by atoms with Gasteiger partial charge in [0, 0.05) is 26.9 Å². The summed E-state index contributed by atoms with van der Waals surface area (Å²) in [5, 5.41) is 4.00. The van der Waals surface area contributed by atoms with Crippen molar-refractivity contribution in [2.24, 2.45) is 7.05 Å². The van der Waals surface area contributed by atoms with Crippen LogP contribution in [0.25, 0.3) is 0 Å². The standard InChI is InChI=1S/C11H8BrIN2O/c1-15-10(4-5-14-15)11(16)8-6-7(12)2-3-9(8)13/h2-6H,1H3. The summed E-state index contributed by atoms with van der Waals surface area (Å²) in [4.78, 5) is 12.2. The van der Waals surface area contributed by atoms with Gasteiger partial charge in [-0.05, 0) is 46.9 Å². The molecule has 0 atom stereocenters. The quantitative estimate of drug-likeness (QED) is 0.583. The van der Waals surface area contributed by atoms with Crippen molar-refractivity contribution in [1.29, 1.82) is 0 Å². The van der Waals surface area contributed by atoms with Gasteiger partial charge in [0.15, 0.2) is 0 Å². The van der Waals surface area contributed by atoms with Gasteiger partial charge in [0.2, 0.25) is 5.78 Å². The fraction of sp³-hybridized carbons (Fsp3) is 0.0909. The van der Waals surface area contributed by atoms with Crippen LogP contribution in [0.15, 0.2) is 34.9 Å². The first-order valence-electron chi connectivity index (χ1n) is 4.57. The number of benzene rings is 1. The molecule has 2 rings (SSSR count). The predicted octanol–water partition coefficient (Wildman–Crippen LogP) is 3.02. The van der Waals surface area contributed by atoms with Crippen LogP contribution in [0.1, 0.15) is 16.1 Å². The molecule has 0 saturated heterocycles. The van der Waals surface area contributed by atoms with E-state index < -0.39 is 0 Å². The minimum absolute atomic E-state index is 0.00861. The van der Waals surface area contributed by atoms with E-state index in [4.69, 9.17) is 0 Å². The Kier molecular flexibility index (Phi) is 3.44. The molecule has 2 aromatic rings. The summed E-state index contributed by atoms with van der Waals surface area (Å²) >= 11 is 5.53. The number of aromatic nitrogens is 2. The van der Waals surface area contributed by atoms with Gasteiger partial charge in [0.1, 0.15) is 5.69 Å². The third-order valence-corrected chi connectivity index (χ3v) is 3.66. The minimum atomic E-state index is -0.00861. The maximum absolute atomic E-state index is 12.2. The summed E-state index contributed by atoms with van der Waals surface area (Å²) < 4.78 is 3.42. The lowest BCUT2D eigenvalue weighted by Gasteiger charge is -2.04. The molecule has 16 heavy (non-hydrogen) atoms. The average Bonchev–Trinajstić information content (AvgIpc) is 2.67. The zero-order chi connectivity index (χ0) is 11.7. The van der Waals surface area contributed by atoms with Crippen molar-refractivity contribution in [1.82, 2.24) is 9.78 Å². The summed E-state index contributed by atoms with van der Waals surface area (Å²) in [5.41, 5.74) is 1.29. The summed E-state index contributed by atoms with van der Waals surface area (Å²) in [5.74, 6) is -0.00861. The monoisotopic (exact) mass is 390 g/mol. The topological polar surface area (TPSA) is 34.9 Å². The Morgan fingerprint density at radius 3 is 2.81 bits per heavy atom. The third kappa shape index (κ3) is 2.20. The lowest BCUT2D eigenvalue weighted by atomic mass is 10.1. The molecule has 0 saturated carbocycles. The highest BCUT2D eigenvalue weighted by Gasteiger charge is 2.15. The van der Waals surface area contributed by atoms with Crippen molar-refractivity contribution in [2.45, 2.75) is 0 Å². The Morgan fingerprint density at radius 1 is 1.44 bits per heavy atom. The number of hydrogen-bond donors (Lipinski definition) is 0.